The third-order valence-corrected chi connectivity index (χ3v) is 3.33. The highest BCUT2D eigenvalue weighted by atomic mass is 19.4. The first-order valence-corrected chi connectivity index (χ1v) is 5.54. The second-order valence-corrected chi connectivity index (χ2v) is 4.48. The maximum Gasteiger partial charge on any atom is 0.416 e. The van der Waals surface area contributed by atoms with E-state index in [1.54, 1.807) is 0 Å². The molecule has 0 aliphatic heterocycles. The molecule has 1 aromatic rings. The number of benzene rings is 1. The SMILES string of the molecule is Nc1ccc(C(F)(F)F)cc1C(O)C1CCC1. The van der Waals surface area contributed by atoms with Crippen molar-refractivity contribution in [3.05, 3.63) is 29.3 Å². The molecule has 0 amide bonds. The van der Waals surface area contributed by atoms with Gasteiger partial charge in [0.15, 0.2) is 0 Å². The van der Waals surface area contributed by atoms with Crippen LogP contribution in [0.4, 0.5) is 18.9 Å². The van der Waals surface area contributed by atoms with Gasteiger partial charge in [0.05, 0.1) is 11.7 Å². The second-order valence-electron chi connectivity index (χ2n) is 4.48. The molecule has 0 radical (unpaired) electrons. The van der Waals surface area contributed by atoms with E-state index in [1.807, 2.05) is 0 Å². The minimum atomic E-state index is -4.40. The lowest BCUT2D eigenvalue weighted by Gasteiger charge is -2.31. The Balaban J connectivity index is 2.31. The van der Waals surface area contributed by atoms with E-state index in [-0.39, 0.29) is 17.2 Å². The summed E-state index contributed by atoms with van der Waals surface area (Å²) in [6.45, 7) is 0. The van der Waals surface area contributed by atoms with Crippen molar-refractivity contribution >= 4 is 5.69 Å². The van der Waals surface area contributed by atoms with Crippen LogP contribution in [0.2, 0.25) is 0 Å². The molecule has 1 aromatic carbocycles. The van der Waals surface area contributed by atoms with Gasteiger partial charge in [0.25, 0.3) is 0 Å². The molecule has 0 aromatic heterocycles. The van der Waals surface area contributed by atoms with Crippen LogP contribution in [-0.4, -0.2) is 5.11 Å². The largest absolute Gasteiger partial charge is 0.416 e. The lowest BCUT2D eigenvalue weighted by molar-refractivity contribution is -0.137. The first kappa shape index (κ1) is 12.2. The summed E-state index contributed by atoms with van der Waals surface area (Å²) in [7, 11) is 0. The van der Waals surface area contributed by atoms with E-state index in [9.17, 15) is 18.3 Å². The molecular weight excluding hydrogens is 231 g/mol. The van der Waals surface area contributed by atoms with E-state index >= 15 is 0 Å². The molecule has 17 heavy (non-hydrogen) atoms. The van der Waals surface area contributed by atoms with Crippen molar-refractivity contribution in [2.75, 3.05) is 5.73 Å². The number of aliphatic hydroxyl groups is 1. The summed E-state index contributed by atoms with van der Waals surface area (Å²) in [4.78, 5) is 0. The number of hydrogen-bond acceptors (Lipinski definition) is 2. The van der Waals surface area contributed by atoms with Crippen molar-refractivity contribution < 1.29 is 18.3 Å². The van der Waals surface area contributed by atoms with Crippen molar-refractivity contribution in [1.82, 2.24) is 0 Å². The zero-order valence-corrected chi connectivity index (χ0v) is 9.17. The number of halogens is 3. The Hall–Kier alpha value is -1.23. The minimum Gasteiger partial charge on any atom is -0.398 e. The van der Waals surface area contributed by atoms with Gasteiger partial charge in [0, 0.05) is 11.3 Å². The molecule has 0 heterocycles. The Morgan fingerprint density at radius 2 is 1.94 bits per heavy atom. The van der Waals surface area contributed by atoms with Gasteiger partial charge < -0.3 is 10.8 Å². The average Bonchev–Trinajstić information content (AvgIpc) is 2.13. The molecular formula is C12H14F3NO. The predicted octanol–water partition coefficient (Wildman–Crippen LogP) is 3.12. The monoisotopic (exact) mass is 245 g/mol. The molecule has 0 saturated heterocycles. The molecule has 1 fully saturated rings. The highest BCUT2D eigenvalue weighted by molar-refractivity contribution is 5.50. The van der Waals surface area contributed by atoms with Gasteiger partial charge in [0.2, 0.25) is 0 Å². The van der Waals surface area contributed by atoms with Gasteiger partial charge >= 0.3 is 6.18 Å². The molecule has 1 unspecified atom stereocenters. The van der Waals surface area contributed by atoms with Crippen LogP contribution in [0.15, 0.2) is 18.2 Å². The lowest BCUT2D eigenvalue weighted by Crippen LogP contribution is -2.21. The van der Waals surface area contributed by atoms with Crippen LogP contribution in [0.1, 0.15) is 36.5 Å². The number of nitrogen functional groups attached to an aromatic ring is 1. The van der Waals surface area contributed by atoms with Gasteiger partial charge in [-0.15, -0.1) is 0 Å². The molecule has 3 N–H and O–H groups in total. The van der Waals surface area contributed by atoms with Crippen molar-refractivity contribution in [2.45, 2.75) is 31.5 Å². The van der Waals surface area contributed by atoms with Crippen molar-refractivity contribution in [1.29, 1.82) is 0 Å². The molecule has 1 aliphatic carbocycles. The molecule has 1 atom stereocenters. The highest BCUT2D eigenvalue weighted by Crippen LogP contribution is 2.41. The van der Waals surface area contributed by atoms with Crippen molar-refractivity contribution in [3.63, 3.8) is 0 Å². The van der Waals surface area contributed by atoms with Crippen LogP contribution in [0.25, 0.3) is 0 Å². The number of rotatable bonds is 2. The number of aliphatic hydroxyl groups excluding tert-OH is 1. The van der Waals surface area contributed by atoms with Gasteiger partial charge in [-0.3, -0.25) is 0 Å². The molecule has 0 spiro atoms. The van der Waals surface area contributed by atoms with E-state index in [1.165, 1.54) is 6.07 Å². The normalized spacial score (nSPS) is 18.8. The molecule has 5 heteroatoms. The minimum absolute atomic E-state index is 0.0424. The summed E-state index contributed by atoms with van der Waals surface area (Å²) in [5.74, 6) is 0.0424. The standard InChI is InChI=1S/C12H14F3NO/c13-12(14,15)8-4-5-10(16)9(6-8)11(17)7-2-1-3-7/h4-7,11,17H,1-3,16H2. The summed E-state index contributed by atoms with van der Waals surface area (Å²) in [5.41, 5.74) is 5.28. The van der Waals surface area contributed by atoms with Crippen LogP contribution in [0.3, 0.4) is 0 Å². The zero-order chi connectivity index (χ0) is 12.6. The maximum atomic E-state index is 12.5. The Labute approximate surface area is 97.2 Å². The fourth-order valence-electron chi connectivity index (χ4n) is 2.02. The van der Waals surface area contributed by atoms with E-state index in [0.717, 1.165) is 31.4 Å². The zero-order valence-electron chi connectivity index (χ0n) is 9.17. The van der Waals surface area contributed by atoms with Crippen LogP contribution in [0, 0.1) is 5.92 Å². The van der Waals surface area contributed by atoms with Gasteiger partial charge in [-0.05, 0) is 37.0 Å². The van der Waals surface area contributed by atoms with Crippen molar-refractivity contribution in [3.8, 4) is 0 Å². The molecule has 94 valence electrons. The Morgan fingerprint density at radius 1 is 1.29 bits per heavy atom. The topological polar surface area (TPSA) is 46.2 Å². The summed E-state index contributed by atoms with van der Waals surface area (Å²) >= 11 is 0. The molecule has 2 rings (SSSR count). The summed E-state index contributed by atoms with van der Waals surface area (Å²) < 4.78 is 37.6. The number of anilines is 1. The number of hydrogen-bond donors (Lipinski definition) is 2. The quantitative estimate of drug-likeness (QED) is 0.786. The fourth-order valence-corrected chi connectivity index (χ4v) is 2.02. The van der Waals surface area contributed by atoms with Gasteiger partial charge in [-0.1, -0.05) is 6.42 Å². The van der Waals surface area contributed by atoms with Gasteiger partial charge in [-0.2, -0.15) is 13.2 Å². The first-order chi connectivity index (χ1) is 7.89. The molecule has 0 bridgehead atoms. The van der Waals surface area contributed by atoms with E-state index < -0.39 is 17.8 Å². The summed E-state index contributed by atoms with van der Waals surface area (Å²) in [6.07, 6.45) is -2.58. The average molecular weight is 245 g/mol. The third-order valence-electron chi connectivity index (χ3n) is 3.33. The van der Waals surface area contributed by atoms with Crippen molar-refractivity contribution in [2.24, 2.45) is 5.92 Å². The van der Waals surface area contributed by atoms with E-state index in [0.29, 0.717) is 0 Å². The van der Waals surface area contributed by atoms with Crippen LogP contribution in [-0.2, 0) is 6.18 Å². The molecule has 1 aliphatic rings. The predicted molar refractivity (Wildman–Crippen MR) is 58.2 cm³/mol. The molecule has 1 saturated carbocycles. The fraction of sp³-hybridized carbons (Fsp3) is 0.500. The Bertz CT molecular complexity index is 413. The highest BCUT2D eigenvalue weighted by Gasteiger charge is 2.33. The maximum absolute atomic E-state index is 12.5. The molecule has 2 nitrogen and oxygen atoms in total. The summed E-state index contributed by atoms with van der Waals surface area (Å²) in [5, 5.41) is 9.96. The second kappa shape index (κ2) is 4.22. The van der Waals surface area contributed by atoms with Gasteiger partial charge in [-0.25, -0.2) is 0 Å². The third kappa shape index (κ3) is 2.39. The van der Waals surface area contributed by atoms with Crippen LogP contribution < -0.4 is 5.73 Å². The Morgan fingerprint density at radius 3 is 2.41 bits per heavy atom. The van der Waals surface area contributed by atoms with Crippen LogP contribution in [0.5, 0.6) is 0 Å². The smallest absolute Gasteiger partial charge is 0.398 e. The lowest BCUT2D eigenvalue weighted by atomic mass is 9.78. The van der Waals surface area contributed by atoms with Gasteiger partial charge in [0.1, 0.15) is 0 Å². The van der Waals surface area contributed by atoms with Crippen LogP contribution >= 0.6 is 0 Å². The number of alkyl halides is 3. The Kier molecular flexibility index (Phi) is 3.03. The van der Waals surface area contributed by atoms with E-state index in [2.05, 4.69) is 0 Å². The number of nitrogens with two attached hydrogens (primary N) is 1. The first-order valence-electron chi connectivity index (χ1n) is 5.54. The van der Waals surface area contributed by atoms with E-state index in [4.69, 9.17) is 5.73 Å². The summed E-state index contributed by atoms with van der Waals surface area (Å²) in [6, 6.07) is 3.10.